The molecular formula is C18H25NO4. The molecule has 5 nitrogen and oxygen atoms in total. The van der Waals surface area contributed by atoms with Gasteiger partial charge in [-0.1, -0.05) is 19.9 Å². The van der Waals surface area contributed by atoms with Crippen LogP contribution in [-0.2, 0) is 16.1 Å². The van der Waals surface area contributed by atoms with Gasteiger partial charge in [-0.3, -0.25) is 4.79 Å². The molecule has 2 aliphatic rings. The number of fused-ring (bicyclic) bond motifs is 1. The lowest BCUT2D eigenvalue weighted by Gasteiger charge is -2.27. The van der Waals surface area contributed by atoms with Crippen molar-refractivity contribution < 1.29 is 19.0 Å². The van der Waals surface area contributed by atoms with Crippen LogP contribution in [-0.4, -0.2) is 43.8 Å². The zero-order valence-electron chi connectivity index (χ0n) is 13.9. The van der Waals surface area contributed by atoms with Gasteiger partial charge in [0.15, 0.2) is 11.5 Å². The largest absolute Gasteiger partial charge is 0.486 e. The van der Waals surface area contributed by atoms with Crippen LogP contribution in [0.3, 0.4) is 0 Å². The molecule has 0 spiro atoms. The average molecular weight is 319 g/mol. The first-order valence-corrected chi connectivity index (χ1v) is 8.38. The SMILES string of the molecule is CC(C)CN(Cc1ccc2c(c1)OCCO2)C(=O)[C@@H]1CCOC1. The van der Waals surface area contributed by atoms with Crippen molar-refractivity contribution in [1.82, 2.24) is 4.90 Å². The summed E-state index contributed by atoms with van der Waals surface area (Å²) in [6.07, 6.45) is 0.828. The van der Waals surface area contributed by atoms with Crippen LogP contribution in [0.5, 0.6) is 11.5 Å². The summed E-state index contributed by atoms with van der Waals surface area (Å²) in [6, 6.07) is 5.93. The van der Waals surface area contributed by atoms with E-state index in [0.29, 0.717) is 38.9 Å². The minimum Gasteiger partial charge on any atom is -0.486 e. The summed E-state index contributed by atoms with van der Waals surface area (Å²) in [4.78, 5) is 14.7. The van der Waals surface area contributed by atoms with Crippen LogP contribution in [0.4, 0.5) is 0 Å². The van der Waals surface area contributed by atoms with Crippen molar-refractivity contribution in [3.63, 3.8) is 0 Å². The minimum atomic E-state index is 0.00552. The van der Waals surface area contributed by atoms with Crippen molar-refractivity contribution in [2.45, 2.75) is 26.8 Å². The highest BCUT2D eigenvalue weighted by Gasteiger charge is 2.28. The summed E-state index contributed by atoms with van der Waals surface area (Å²) in [7, 11) is 0. The van der Waals surface area contributed by atoms with E-state index in [4.69, 9.17) is 14.2 Å². The van der Waals surface area contributed by atoms with Crippen molar-refractivity contribution in [2.75, 3.05) is 33.0 Å². The predicted molar refractivity (Wildman–Crippen MR) is 86.6 cm³/mol. The smallest absolute Gasteiger partial charge is 0.228 e. The lowest BCUT2D eigenvalue weighted by molar-refractivity contribution is -0.136. The molecule has 2 heterocycles. The number of benzene rings is 1. The Hall–Kier alpha value is -1.75. The first-order valence-electron chi connectivity index (χ1n) is 8.38. The van der Waals surface area contributed by atoms with Crippen LogP contribution < -0.4 is 9.47 Å². The minimum absolute atomic E-state index is 0.00552. The third-order valence-electron chi connectivity index (χ3n) is 4.16. The van der Waals surface area contributed by atoms with Gasteiger partial charge in [0.25, 0.3) is 0 Å². The Morgan fingerprint density at radius 3 is 2.70 bits per heavy atom. The van der Waals surface area contributed by atoms with E-state index in [0.717, 1.165) is 30.0 Å². The molecule has 0 N–H and O–H groups in total. The highest BCUT2D eigenvalue weighted by molar-refractivity contribution is 5.79. The molecule has 126 valence electrons. The quantitative estimate of drug-likeness (QED) is 0.836. The average Bonchev–Trinajstić information content (AvgIpc) is 3.07. The molecule has 0 aromatic heterocycles. The Labute approximate surface area is 137 Å². The van der Waals surface area contributed by atoms with E-state index < -0.39 is 0 Å². The van der Waals surface area contributed by atoms with Crippen LogP contribution in [0.25, 0.3) is 0 Å². The van der Waals surface area contributed by atoms with E-state index in [1.807, 2.05) is 23.1 Å². The summed E-state index contributed by atoms with van der Waals surface area (Å²) >= 11 is 0. The Bertz CT molecular complexity index is 552. The Balaban J connectivity index is 1.73. The van der Waals surface area contributed by atoms with Gasteiger partial charge in [0, 0.05) is 19.7 Å². The molecule has 1 fully saturated rings. The maximum atomic E-state index is 12.8. The molecule has 0 bridgehead atoms. The fourth-order valence-corrected chi connectivity index (χ4v) is 3.07. The van der Waals surface area contributed by atoms with Crippen LogP contribution in [0.2, 0.25) is 0 Å². The van der Waals surface area contributed by atoms with Gasteiger partial charge in [-0.15, -0.1) is 0 Å². The van der Waals surface area contributed by atoms with Gasteiger partial charge in [0.05, 0.1) is 12.5 Å². The van der Waals surface area contributed by atoms with E-state index in [9.17, 15) is 4.79 Å². The second-order valence-corrected chi connectivity index (χ2v) is 6.65. The van der Waals surface area contributed by atoms with Crippen LogP contribution in [0, 0.1) is 11.8 Å². The number of rotatable bonds is 5. The van der Waals surface area contributed by atoms with Gasteiger partial charge in [-0.05, 0) is 30.0 Å². The molecule has 1 saturated heterocycles. The second kappa shape index (κ2) is 7.21. The molecule has 1 aromatic rings. The van der Waals surface area contributed by atoms with Crippen LogP contribution in [0.15, 0.2) is 18.2 Å². The van der Waals surface area contributed by atoms with Crippen molar-refractivity contribution in [3.05, 3.63) is 23.8 Å². The van der Waals surface area contributed by atoms with Gasteiger partial charge in [0.2, 0.25) is 5.91 Å². The molecule has 0 radical (unpaired) electrons. The molecule has 3 rings (SSSR count). The zero-order chi connectivity index (χ0) is 16.2. The highest BCUT2D eigenvalue weighted by Crippen LogP contribution is 2.31. The molecule has 2 aliphatic heterocycles. The molecule has 0 saturated carbocycles. The molecule has 1 amide bonds. The monoisotopic (exact) mass is 319 g/mol. The topological polar surface area (TPSA) is 48.0 Å². The number of ether oxygens (including phenoxy) is 3. The summed E-state index contributed by atoms with van der Waals surface area (Å²) in [5.74, 6) is 2.19. The van der Waals surface area contributed by atoms with E-state index in [2.05, 4.69) is 13.8 Å². The van der Waals surface area contributed by atoms with Gasteiger partial charge in [-0.2, -0.15) is 0 Å². The van der Waals surface area contributed by atoms with Crippen molar-refractivity contribution in [1.29, 1.82) is 0 Å². The van der Waals surface area contributed by atoms with Crippen molar-refractivity contribution in [3.8, 4) is 11.5 Å². The van der Waals surface area contributed by atoms with Crippen molar-refractivity contribution in [2.24, 2.45) is 11.8 Å². The van der Waals surface area contributed by atoms with Gasteiger partial charge in [0.1, 0.15) is 13.2 Å². The van der Waals surface area contributed by atoms with E-state index in [1.165, 1.54) is 0 Å². The normalized spacial score (nSPS) is 19.9. The summed E-state index contributed by atoms with van der Waals surface area (Å²) in [5.41, 5.74) is 1.07. The number of nitrogens with zero attached hydrogens (tertiary/aromatic N) is 1. The lowest BCUT2D eigenvalue weighted by atomic mass is 10.1. The molecule has 0 unspecified atom stereocenters. The summed E-state index contributed by atoms with van der Waals surface area (Å²) in [6.45, 7) is 8.03. The first-order chi connectivity index (χ1) is 11.1. The number of carbonyl (C=O) groups excluding carboxylic acids is 1. The Kier molecular flexibility index (Phi) is 5.06. The van der Waals surface area contributed by atoms with Crippen LogP contribution in [0.1, 0.15) is 25.8 Å². The van der Waals surface area contributed by atoms with Gasteiger partial charge < -0.3 is 19.1 Å². The number of hydrogen-bond acceptors (Lipinski definition) is 4. The van der Waals surface area contributed by atoms with E-state index in [1.54, 1.807) is 0 Å². The molecule has 23 heavy (non-hydrogen) atoms. The second-order valence-electron chi connectivity index (χ2n) is 6.65. The highest BCUT2D eigenvalue weighted by atomic mass is 16.6. The van der Waals surface area contributed by atoms with E-state index in [-0.39, 0.29) is 11.8 Å². The standard InChI is InChI=1S/C18H25NO4/c1-13(2)10-19(18(20)15-5-6-21-12-15)11-14-3-4-16-17(9-14)23-8-7-22-16/h3-4,9,13,15H,5-8,10-12H2,1-2H3/t15-/m1/s1. The predicted octanol–water partition coefficient (Wildman–Crippen LogP) is 2.48. The fraction of sp³-hybridized carbons (Fsp3) is 0.611. The number of carbonyl (C=O) groups is 1. The van der Waals surface area contributed by atoms with Crippen LogP contribution >= 0.6 is 0 Å². The third-order valence-corrected chi connectivity index (χ3v) is 4.16. The molecular weight excluding hydrogens is 294 g/mol. The molecule has 5 heteroatoms. The maximum Gasteiger partial charge on any atom is 0.228 e. The fourth-order valence-electron chi connectivity index (χ4n) is 3.07. The lowest BCUT2D eigenvalue weighted by Crippen LogP contribution is -2.38. The first kappa shape index (κ1) is 16.1. The zero-order valence-corrected chi connectivity index (χ0v) is 13.9. The number of hydrogen-bond donors (Lipinski definition) is 0. The van der Waals surface area contributed by atoms with Gasteiger partial charge >= 0.3 is 0 Å². The van der Waals surface area contributed by atoms with E-state index >= 15 is 0 Å². The third kappa shape index (κ3) is 3.96. The molecule has 0 aliphatic carbocycles. The summed E-state index contributed by atoms with van der Waals surface area (Å²) in [5, 5.41) is 0. The molecule has 1 atom stereocenters. The van der Waals surface area contributed by atoms with Gasteiger partial charge in [-0.25, -0.2) is 0 Å². The number of amides is 1. The maximum absolute atomic E-state index is 12.8. The van der Waals surface area contributed by atoms with Crippen molar-refractivity contribution >= 4 is 5.91 Å². The summed E-state index contributed by atoms with van der Waals surface area (Å²) < 4.78 is 16.6. The Morgan fingerprint density at radius 2 is 2.00 bits per heavy atom. The molecule has 1 aromatic carbocycles. The Morgan fingerprint density at radius 1 is 1.22 bits per heavy atom.